The van der Waals surface area contributed by atoms with Gasteiger partial charge in [0.2, 0.25) is 0 Å². The fourth-order valence-electron chi connectivity index (χ4n) is 1.58. The predicted molar refractivity (Wildman–Crippen MR) is 63.5 cm³/mol. The SMILES string of the molecule is CC(O)C(C)(C)NCC1(CC(N)=NO)CC1. The molecule has 1 unspecified atom stereocenters. The maximum Gasteiger partial charge on any atom is 0.139 e. The monoisotopic (exact) mass is 229 g/mol. The Bertz CT molecular complexity index is 270. The summed E-state index contributed by atoms with van der Waals surface area (Å²) in [5, 5.41) is 24.5. The van der Waals surface area contributed by atoms with E-state index in [0.29, 0.717) is 6.42 Å². The molecule has 1 fully saturated rings. The van der Waals surface area contributed by atoms with Crippen molar-refractivity contribution in [1.29, 1.82) is 0 Å². The summed E-state index contributed by atoms with van der Waals surface area (Å²) in [6.07, 6.45) is 2.39. The van der Waals surface area contributed by atoms with Crippen molar-refractivity contribution in [3.05, 3.63) is 0 Å². The molecular formula is C11H23N3O2. The van der Waals surface area contributed by atoms with Gasteiger partial charge in [0, 0.05) is 18.5 Å². The highest BCUT2D eigenvalue weighted by Gasteiger charge is 2.44. The van der Waals surface area contributed by atoms with Crippen molar-refractivity contribution in [3.63, 3.8) is 0 Å². The highest BCUT2D eigenvalue weighted by atomic mass is 16.4. The molecule has 16 heavy (non-hydrogen) atoms. The number of hydrogen-bond donors (Lipinski definition) is 4. The van der Waals surface area contributed by atoms with E-state index in [0.717, 1.165) is 19.4 Å². The van der Waals surface area contributed by atoms with Crippen molar-refractivity contribution in [2.75, 3.05) is 6.54 Å². The van der Waals surface area contributed by atoms with Gasteiger partial charge in [-0.2, -0.15) is 0 Å². The van der Waals surface area contributed by atoms with E-state index in [1.54, 1.807) is 6.92 Å². The number of oxime groups is 1. The zero-order valence-electron chi connectivity index (χ0n) is 10.3. The molecule has 0 aliphatic heterocycles. The number of nitrogens with zero attached hydrogens (tertiary/aromatic N) is 1. The van der Waals surface area contributed by atoms with Crippen LogP contribution in [0, 0.1) is 5.41 Å². The molecule has 1 saturated carbocycles. The van der Waals surface area contributed by atoms with Crippen LogP contribution in [0.2, 0.25) is 0 Å². The Balaban J connectivity index is 2.43. The minimum atomic E-state index is -0.410. The zero-order valence-corrected chi connectivity index (χ0v) is 10.3. The van der Waals surface area contributed by atoms with Crippen molar-refractivity contribution >= 4 is 5.84 Å². The second-order valence-electron chi connectivity index (χ2n) is 5.52. The molecule has 0 spiro atoms. The maximum absolute atomic E-state index is 9.57. The lowest BCUT2D eigenvalue weighted by atomic mass is 9.95. The molecule has 1 atom stereocenters. The summed E-state index contributed by atoms with van der Waals surface area (Å²) >= 11 is 0. The van der Waals surface area contributed by atoms with Gasteiger partial charge in [-0.15, -0.1) is 0 Å². The van der Waals surface area contributed by atoms with Crippen LogP contribution in [0.3, 0.4) is 0 Å². The van der Waals surface area contributed by atoms with Crippen LogP contribution in [0.15, 0.2) is 5.16 Å². The van der Waals surface area contributed by atoms with E-state index in [9.17, 15) is 5.11 Å². The first kappa shape index (κ1) is 13.3. The van der Waals surface area contributed by atoms with Crippen LogP contribution in [0.1, 0.15) is 40.0 Å². The lowest BCUT2D eigenvalue weighted by molar-refractivity contribution is 0.0927. The number of aliphatic hydroxyl groups is 1. The largest absolute Gasteiger partial charge is 0.409 e. The summed E-state index contributed by atoms with van der Waals surface area (Å²) in [6, 6.07) is 0. The van der Waals surface area contributed by atoms with E-state index >= 15 is 0 Å². The van der Waals surface area contributed by atoms with E-state index < -0.39 is 6.10 Å². The smallest absolute Gasteiger partial charge is 0.139 e. The van der Waals surface area contributed by atoms with Crippen LogP contribution < -0.4 is 11.1 Å². The molecule has 0 heterocycles. The lowest BCUT2D eigenvalue weighted by Crippen LogP contribution is -2.50. The van der Waals surface area contributed by atoms with Crippen LogP contribution in [0.4, 0.5) is 0 Å². The van der Waals surface area contributed by atoms with E-state index in [1.807, 2.05) is 13.8 Å². The topological polar surface area (TPSA) is 90.9 Å². The molecule has 0 bridgehead atoms. The van der Waals surface area contributed by atoms with Crippen molar-refractivity contribution in [2.45, 2.75) is 51.7 Å². The molecule has 94 valence electrons. The number of nitrogens with two attached hydrogens (primary N) is 1. The van der Waals surface area contributed by atoms with Gasteiger partial charge < -0.3 is 21.4 Å². The number of rotatable bonds is 6. The summed E-state index contributed by atoms with van der Waals surface area (Å²) in [7, 11) is 0. The summed E-state index contributed by atoms with van der Waals surface area (Å²) in [4.78, 5) is 0. The van der Waals surface area contributed by atoms with Crippen LogP contribution in [-0.2, 0) is 0 Å². The fraction of sp³-hybridized carbons (Fsp3) is 0.909. The van der Waals surface area contributed by atoms with E-state index in [1.165, 1.54) is 0 Å². The van der Waals surface area contributed by atoms with Crippen molar-refractivity contribution in [2.24, 2.45) is 16.3 Å². The van der Waals surface area contributed by atoms with Crippen molar-refractivity contribution < 1.29 is 10.3 Å². The van der Waals surface area contributed by atoms with E-state index in [2.05, 4.69) is 10.5 Å². The zero-order chi connectivity index (χ0) is 12.4. The minimum Gasteiger partial charge on any atom is -0.409 e. The Hall–Kier alpha value is -0.810. The number of nitrogens with one attached hydrogen (secondary N) is 1. The fourth-order valence-corrected chi connectivity index (χ4v) is 1.58. The van der Waals surface area contributed by atoms with Gasteiger partial charge in [-0.05, 0) is 39.0 Å². The molecule has 0 saturated heterocycles. The Morgan fingerprint density at radius 2 is 2.12 bits per heavy atom. The Morgan fingerprint density at radius 3 is 2.50 bits per heavy atom. The molecule has 1 rings (SSSR count). The predicted octanol–water partition coefficient (Wildman–Crippen LogP) is 0.652. The summed E-state index contributed by atoms with van der Waals surface area (Å²) in [5.41, 5.74) is 5.34. The quantitative estimate of drug-likeness (QED) is 0.233. The first-order chi connectivity index (χ1) is 7.31. The second-order valence-corrected chi connectivity index (χ2v) is 5.52. The highest BCUT2D eigenvalue weighted by molar-refractivity contribution is 5.80. The van der Waals surface area contributed by atoms with Gasteiger partial charge >= 0.3 is 0 Å². The Morgan fingerprint density at radius 1 is 1.56 bits per heavy atom. The van der Waals surface area contributed by atoms with Gasteiger partial charge in [-0.25, -0.2) is 0 Å². The molecule has 1 aliphatic rings. The van der Waals surface area contributed by atoms with Gasteiger partial charge in [-0.1, -0.05) is 5.16 Å². The second kappa shape index (κ2) is 4.59. The first-order valence-electron chi connectivity index (χ1n) is 5.71. The van der Waals surface area contributed by atoms with Gasteiger partial charge in [-0.3, -0.25) is 0 Å². The summed E-state index contributed by atoms with van der Waals surface area (Å²) in [5.74, 6) is 0.286. The Kier molecular flexibility index (Phi) is 3.80. The molecule has 5 heteroatoms. The normalized spacial score (nSPS) is 21.9. The van der Waals surface area contributed by atoms with Gasteiger partial charge in [0.25, 0.3) is 0 Å². The number of aliphatic hydroxyl groups excluding tert-OH is 1. The molecule has 0 radical (unpaired) electrons. The lowest BCUT2D eigenvalue weighted by Gasteiger charge is -2.31. The number of amidine groups is 1. The van der Waals surface area contributed by atoms with Gasteiger partial charge in [0.05, 0.1) is 6.10 Å². The summed E-state index contributed by atoms with van der Waals surface area (Å²) < 4.78 is 0. The average Bonchev–Trinajstić information content (AvgIpc) is 2.95. The molecular weight excluding hydrogens is 206 g/mol. The standard InChI is InChI=1S/C11H23N3O2/c1-8(15)10(2,3)13-7-11(4-5-11)6-9(12)14-16/h8,13,15-16H,4-7H2,1-3H3,(H2,12,14). The van der Waals surface area contributed by atoms with Gasteiger partial charge in [0.1, 0.15) is 5.84 Å². The Labute approximate surface area is 96.7 Å². The third-order valence-corrected chi connectivity index (χ3v) is 3.61. The van der Waals surface area contributed by atoms with E-state index in [4.69, 9.17) is 10.9 Å². The van der Waals surface area contributed by atoms with E-state index in [-0.39, 0.29) is 16.8 Å². The molecule has 0 amide bonds. The molecule has 1 aliphatic carbocycles. The molecule has 5 N–H and O–H groups in total. The van der Waals surface area contributed by atoms with Gasteiger partial charge in [0.15, 0.2) is 0 Å². The third-order valence-electron chi connectivity index (χ3n) is 3.61. The number of hydrogen-bond acceptors (Lipinski definition) is 4. The molecule has 5 nitrogen and oxygen atoms in total. The summed E-state index contributed by atoms with van der Waals surface area (Å²) in [6.45, 7) is 6.51. The molecule has 0 aromatic carbocycles. The third kappa shape index (κ3) is 3.35. The molecule has 0 aromatic rings. The van der Waals surface area contributed by atoms with Crippen molar-refractivity contribution in [3.8, 4) is 0 Å². The van der Waals surface area contributed by atoms with Crippen LogP contribution in [-0.4, -0.2) is 34.3 Å². The first-order valence-corrected chi connectivity index (χ1v) is 5.71. The minimum absolute atomic E-state index is 0.127. The van der Waals surface area contributed by atoms with Crippen LogP contribution >= 0.6 is 0 Å². The van der Waals surface area contributed by atoms with Crippen molar-refractivity contribution in [1.82, 2.24) is 5.32 Å². The highest BCUT2D eigenvalue weighted by Crippen LogP contribution is 2.48. The molecule has 0 aromatic heterocycles. The van der Waals surface area contributed by atoms with Crippen LogP contribution in [0.25, 0.3) is 0 Å². The average molecular weight is 229 g/mol. The maximum atomic E-state index is 9.57. The van der Waals surface area contributed by atoms with Crippen LogP contribution in [0.5, 0.6) is 0 Å².